The van der Waals surface area contributed by atoms with Crippen LogP contribution in [0.5, 0.6) is 0 Å². The van der Waals surface area contributed by atoms with Crippen LogP contribution < -0.4 is 0 Å². The predicted molar refractivity (Wildman–Crippen MR) is 150 cm³/mol. The maximum absolute atomic E-state index is 5.82. The van der Waals surface area contributed by atoms with Crippen LogP contribution in [0, 0.1) is 0 Å². The van der Waals surface area contributed by atoms with Crippen molar-refractivity contribution < 1.29 is 27.5 Å². The third-order valence-electron chi connectivity index (χ3n) is 6.25. The van der Waals surface area contributed by atoms with Crippen LogP contribution in [-0.2, 0) is 23.0 Å². The van der Waals surface area contributed by atoms with Crippen LogP contribution in [0.1, 0.15) is 110 Å². The number of unbranched alkanes of at least 4 members (excludes halogenated alkanes) is 15. The van der Waals surface area contributed by atoms with Crippen molar-refractivity contribution in [3.63, 3.8) is 0 Å². The zero-order valence-electron chi connectivity index (χ0n) is 24.4. The summed E-state index contributed by atoms with van der Waals surface area (Å²) in [7, 11) is 8.38. The molecule has 0 fully saturated rings. The Morgan fingerprint density at radius 2 is 1.09 bits per heavy atom. The SMILES string of the molecule is CCCCCCCCCCCCCCCCCCOCC(COP(OC)OCC[N+](C)(C)C)OC. The quantitative estimate of drug-likeness (QED) is 0.0594. The summed E-state index contributed by atoms with van der Waals surface area (Å²) in [6.45, 7) is 5.55. The molecule has 0 aromatic carbocycles. The van der Waals surface area contributed by atoms with Gasteiger partial charge in [-0.15, -0.1) is 0 Å². The molecule has 0 rings (SSSR count). The van der Waals surface area contributed by atoms with E-state index in [9.17, 15) is 0 Å². The fraction of sp³-hybridized carbons (Fsp3) is 1.00. The van der Waals surface area contributed by atoms with Gasteiger partial charge in [0.1, 0.15) is 19.3 Å². The molecule has 0 N–H and O–H groups in total. The minimum atomic E-state index is -1.34. The molecule has 0 saturated carbocycles. The summed E-state index contributed by atoms with van der Waals surface area (Å²) >= 11 is 0. The molecule has 212 valence electrons. The average molecular weight is 523 g/mol. The van der Waals surface area contributed by atoms with Gasteiger partial charge in [0.2, 0.25) is 0 Å². The zero-order valence-corrected chi connectivity index (χ0v) is 25.3. The van der Waals surface area contributed by atoms with E-state index in [-0.39, 0.29) is 6.10 Å². The lowest BCUT2D eigenvalue weighted by Crippen LogP contribution is -2.37. The molecular weight excluding hydrogens is 461 g/mol. The molecule has 0 aliphatic carbocycles. The number of quaternary nitrogens is 1. The highest BCUT2D eigenvalue weighted by Gasteiger charge is 2.17. The molecule has 0 bridgehead atoms. The van der Waals surface area contributed by atoms with Gasteiger partial charge in [-0.05, 0) is 6.42 Å². The maximum Gasteiger partial charge on any atom is 0.332 e. The van der Waals surface area contributed by atoms with E-state index in [1.165, 1.54) is 96.3 Å². The molecule has 0 amide bonds. The Labute approximate surface area is 220 Å². The maximum atomic E-state index is 5.82. The summed E-state index contributed by atoms with van der Waals surface area (Å²) in [6.07, 6.45) is 22.0. The lowest BCUT2D eigenvalue weighted by Gasteiger charge is -2.25. The minimum Gasteiger partial charge on any atom is -0.379 e. The summed E-state index contributed by atoms with van der Waals surface area (Å²) in [5.74, 6) is 0. The van der Waals surface area contributed by atoms with Crippen molar-refractivity contribution in [1.82, 2.24) is 0 Å². The molecule has 2 unspecified atom stereocenters. The first-order valence-electron chi connectivity index (χ1n) is 14.4. The molecular formula is C28H61NO5P+. The Bertz CT molecular complexity index is 423. The van der Waals surface area contributed by atoms with Crippen LogP contribution in [0.3, 0.4) is 0 Å². The number of ether oxygens (including phenoxy) is 2. The standard InChI is InChI=1S/C28H61NO5P/c1-7-8-9-10-11-12-13-14-15-16-17-18-19-20-21-22-24-32-26-28(30-5)27-34-35(31-6)33-25-23-29(2,3)4/h28H,7-27H2,1-6H3/q+1. The first-order chi connectivity index (χ1) is 16.9. The van der Waals surface area contributed by atoms with Crippen LogP contribution in [0.2, 0.25) is 0 Å². The normalized spacial score (nSPS) is 13.9. The lowest BCUT2D eigenvalue weighted by molar-refractivity contribution is -0.870. The Balaban J connectivity index is 3.46. The second kappa shape index (κ2) is 25.8. The lowest BCUT2D eigenvalue weighted by atomic mass is 10.0. The number of likely N-dealkylation sites (N-methyl/N-ethyl adjacent to an activating group) is 1. The monoisotopic (exact) mass is 522 g/mol. The fourth-order valence-electron chi connectivity index (χ4n) is 3.83. The predicted octanol–water partition coefficient (Wildman–Crippen LogP) is 7.89. The molecule has 6 nitrogen and oxygen atoms in total. The van der Waals surface area contributed by atoms with Gasteiger partial charge in [-0.1, -0.05) is 103 Å². The Morgan fingerprint density at radius 3 is 1.51 bits per heavy atom. The van der Waals surface area contributed by atoms with E-state index in [1.54, 1.807) is 14.2 Å². The molecule has 0 aromatic heterocycles. The molecule has 0 spiro atoms. The molecule has 0 aromatic rings. The van der Waals surface area contributed by atoms with E-state index < -0.39 is 8.60 Å². The van der Waals surface area contributed by atoms with Gasteiger partial charge in [0.15, 0.2) is 0 Å². The fourth-order valence-corrected chi connectivity index (χ4v) is 4.63. The van der Waals surface area contributed by atoms with Crippen LogP contribution in [-0.4, -0.2) is 78.9 Å². The van der Waals surface area contributed by atoms with E-state index in [1.807, 2.05) is 0 Å². The van der Waals surface area contributed by atoms with E-state index in [0.717, 1.165) is 24.1 Å². The van der Waals surface area contributed by atoms with Crippen molar-refractivity contribution in [3.8, 4) is 0 Å². The Morgan fingerprint density at radius 1 is 0.600 bits per heavy atom. The van der Waals surface area contributed by atoms with Crippen molar-refractivity contribution in [2.24, 2.45) is 0 Å². The molecule has 0 aliphatic heterocycles. The molecule has 0 heterocycles. The molecule has 0 radical (unpaired) electrons. The molecule has 7 heteroatoms. The van der Waals surface area contributed by atoms with Crippen molar-refractivity contribution in [2.75, 3.05) is 68.3 Å². The summed E-state index contributed by atoms with van der Waals surface area (Å²) < 4.78 is 28.9. The first-order valence-corrected chi connectivity index (χ1v) is 15.5. The second-order valence-electron chi connectivity index (χ2n) is 10.8. The number of nitrogens with zero attached hydrogens (tertiary/aromatic N) is 1. The summed E-state index contributed by atoms with van der Waals surface area (Å²) in [4.78, 5) is 0. The van der Waals surface area contributed by atoms with E-state index >= 15 is 0 Å². The summed E-state index contributed by atoms with van der Waals surface area (Å²) in [5, 5.41) is 0. The van der Waals surface area contributed by atoms with Gasteiger partial charge in [-0.3, -0.25) is 0 Å². The van der Waals surface area contributed by atoms with Crippen molar-refractivity contribution in [1.29, 1.82) is 0 Å². The number of rotatable bonds is 28. The number of hydrogen-bond donors (Lipinski definition) is 0. The van der Waals surface area contributed by atoms with Crippen LogP contribution in [0.25, 0.3) is 0 Å². The third kappa shape index (κ3) is 27.0. The van der Waals surface area contributed by atoms with Gasteiger partial charge in [0.05, 0.1) is 34.4 Å². The van der Waals surface area contributed by atoms with Gasteiger partial charge in [-0.25, -0.2) is 0 Å². The highest BCUT2D eigenvalue weighted by atomic mass is 31.2. The van der Waals surface area contributed by atoms with Crippen LogP contribution in [0.15, 0.2) is 0 Å². The van der Waals surface area contributed by atoms with Crippen LogP contribution >= 0.6 is 8.60 Å². The van der Waals surface area contributed by atoms with Gasteiger partial charge in [0, 0.05) is 20.8 Å². The molecule has 0 saturated heterocycles. The van der Waals surface area contributed by atoms with Crippen molar-refractivity contribution >= 4 is 8.60 Å². The molecule has 0 aliphatic rings. The third-order valence-corrected chi connectivity index (χ3v) is 7.30. The van der Waals surface area contributed by atoms with Gasteiger partial charge in [-0.2, -0.15) is 0 Å². The van der Waals surface area contributed by atoms with Crippen molar-refractivity contribution in [2.45, 2.75) is 116 Å². The van der Waals surface area contributed by atoms with Crippen LogP contribution in [0.4, 0.5) is 0 Å². The summed E-state index contributed by atoms with van der Waals surface area (Å²) in [6, 6.07) is 0. The van der Waals surface area contributed by atoms with E-state index in [2.05, 4.69) is 28.1 Å². The van der Waals surface area contributed by atoms with Crippen molar-refractivity contribution in [3.05, 3.63) is 0 Å². The number of hydrogen-bond acceptors (Lipinski definition) is 5. The van der Waals surface area contributed by atoms with Gasteiger partial charge in [0.25, 0.3) is 0 Å². The largest absolute Gasteiger partial charge is 0.379 e. The van der Waals surface area contributed by atoms with Gasteiger partial charge < -0.3 is 27.5 Å². The van der Waals surface area contributed by atoms with E-state index in [4.69, 9.17) is 23.0 Å². The topological polar surface area (TPSA) is 46.2 Å². The zero-order chi connectivity index (χ0) is 26.0. The number of methoxy groups -OCH3 is 1. The highest BCUT2D eigenvalue weighted by molar-refractivity contribution is 7.41. The van der Waals surface area contributed by atoms with Gasteiger partial charge >= 0.3 is 8.60 Å². The Kier molecular flexibility index (Phi) is 26.0. The first kappa shape index (κ1) is 35.2. The highest BCUT2D eigenvalue weighted by Crippen LogP contribution is 2.38. The minimum absolute atomic E-state index is 0.0989. The Hall–Kier alpha value is 0.190. The summed E-state index contributed by atoms with van der Waals surface area (Å²) in [5.41, 5.74) is 0. The average Bonchev–Trinajstić information content (AvgIpc) is 2.83. The smallest absolute Gasteiger partial charge is 0.332 e. The molecule has 2 atom stereocenters. The van der Waals surface area contributed by atoms with E-state index in [0.29, 0.717) is 19.8 Å². The second-order valence-corrected chi connectivity index (χ2v) is 12.1. The molecule has 35 heavy (non-hydrogen) atoms.